The highest BCUT2D eigenvalue weighted by Crippen LogP contribution is 2.61. The van der Waals surface area contributed by atoms with Crippen molar-refractivity contribution in [3.63, 3.8) is 0 Å². The Morgan fingerprint density at radius 1 is 0.250 bits per heavy atom. The van der Waals surface area contributed by atoms with E-state index in [0.717, 1.165) is 166 Å². The summed E-state index contributed by atoms with van der Waals surface area (Å²) in [5.41, 5.74) is 21.4. The van der Waals surface area contributed by atoms with Crippen molar-refractivity contribution in [2.24, 2.45) is 17.8 Å². The van der Waals surface area contributed by atoms with Crippen LogP contribution in [0.2, 0.25) is 0 Å². The summed E-state index contributed by atoms with van der Waals surface area (Å²) in [5.74, 6) is 9.90. The maximum absolute atomic E-state index is 7.83. The Morgan fingerprint density at radius 2 is 0.550 bits per heavy atom. The Kier molecular flexibility index (Phi) is 12.2. The van der Waals surface area contributed by atoms with Gasteiger partial charge in [-0.2, -0.15) is 0 Å². The number of benzene rings is 13. The van der Waals surface area contributed by atoms with Gasteiger partial charge < -0.3 is 43.3 Å². The van der Waals surface area contributed by atoms with Crippen molar-refractivity contribution in [3.05, 3.63) is 291 Å². The Bertz CT molecular complexity index is 5360. The minimum Gasteiger partial charge on any atom is -0.458 e. The molecule has 4 bridgehead atoms. The van der Waals surface area contributed by atoms with Gasteiger partial charge in [0.2, 0.25) is 0 Å². The lowest BCUT2D eigenvalue weighted by atomic mass is 9.30. The highest BCUT2D eigenvalue weighted by molar-refractivity contribution is 7.02. The molecule has 23 rings (SSSR count). The normalized spacial score (nSPS) is 18.6. The number of ether oxygens (including phenoxy) is 5. The molecule has 4 fully saturated rings. The summed E-state index contributed by atoms with van der Waals surface area (Å²) in [6, 6.07) is 105. The maximum Gasteiger partial charge on any atom is 0.260 e. The molecule has 0 spiro atoms. The van der Waals surface area contributed by atoms with E-state index in [1.807, 2.05) is 0 Å². The van der Waals surface area contributed by atoms with Gasteiger partial charge in [-0.1, -0.05) is 158 Å². The average molecular weight is 1290 g/mol. The molecule has 474 valence electrons. The van der Waals surface area contributed by atoms with Crippen molar-refractivity contribution in [1.29, 1.82) is 0 Å². The van der Waals surface area contributed by atoms with Crippen molar-refractivity contribution in [3.8, 4) is 57.5 Å². The molecular weight excluding hydrogens is 1230 g/mol. The number of anilines is 11. The molecule has 0 aromatic heterocycles. The highest BCUT2D eigenvalue weighted by Gasteiger charge is 2.58. The maximum atomic E-state index is 7.83. The van der Waals surface area contributed by atoms with Crippen LogP contribution in [0.3, 0.4) is 0 Å². The van der Waals surface area contributed by atoms with Gasteiger partial charge in [0.15, 0.2) is 0 Å². The number of hydrogen-bond acceptors (Lipinski definition) is 9. The van der Waals surface area contributed by atoms with Crippen LogP contribution in [-0.2, 0) is 0 Å². The lowest BCUT2D eigenvalue weighted by molar-refractivity contribution is 0.000626. The first-order chi connectivity index (χ1) is 49.5. The summed E-state index contributed by atoms with van der Waals surface area (Å²) in [6.45, 7) is -0.729. The zero-order valence-electron chi connectivity index (χ0n) is 54.7. The van der Waals surface area contributed by atoms with Gasteiger partial charge in [0.05, 0.1) is 17.1 Å². The molecular formula is C88H63B3N4O5. The van der Waals surface area contributed by atoms with Crippen LogP contribution in [0.1, 0.15) is 38.5 Å². The van der Waals surface area contributed by atoms with E-state index in [2.05, 4.69) is 311 Å². The molecule has 0 amide bonds. The summed E-state index contributed by atoms with van der Waals surface area (Å²) in [4.78, 5) is 9.87. The van der Waals surface area contributed by atoms with Gasteiger partial charge in [-0.15, -0.1) is 0 Å². The van der Waals surface area contributed by atoms with E-state index >= 15 is 0 Å². The SMILES string of the molecule is c1ccc(N(c2ccccc2)c2cc3c4c(c2)Oc2cc5c(cc2B4c2ccccc2O3)B2c3cc4c(cc3Oc3cc(N(c6ccccc6)c6ccccc6)cc(c32)O5)N(C23CC5CC(CC(C5)C2)C3)c2cc(N(c3ccccc3)c3ccccc3)cc3c2B4c2ccccc2O3)cc1. The van der Waals surface area contributed by atoms with Crippen LogP contribution in [0.4, 0.5) is 62.6 Å². The summed E-state index contributed by atoms with van der Waals surface area (Å²) < 4.78 is 37.4. The topological polar surface area (TPSA) is 59.1 Å². The fraction of sp³-hybridized carbons (Fsp3) is 0.114. The second kappa shape index (κ2) is 21.6. The second-order valence-electron chi connectivity index (χ2n) is 28.8. The smallest absolute Gasteiger partial charge is 0.260 e. The largest absolute Gasteiger partial charge is 0.458 e. The van der Waals surface area contributed by atoms with Crippen LogP contribution in [0, 0.1) is 17.8 Å². The molecule has 6 heterocycles. The molecule has 0 atom stereocenters. The van der Waals surface area contributed by atoms with E-state index in [1.165, 1.54) is 41.6 Å². The zero-order valence-corrected chi connectivity index (χ0v) is 54.7. The van der Waals surface area contributed by atoms with Gasteiger partial charge in [-0.25, -0.2) is 0 Å². The fourth-order valence-electron chi connectivity index (χ4n) is 19.6. The Morgan fingerprint density at radius 3 is 0.940 bits per heavy atom. The predicted octanol–water partition coefficient (Wildman–Crippen LogP) is 16.6. The molecule has 0 radical (unpaired) electrons. The minimum atomic E-state index is -0.329. The zero-order chi connectivity index (χ0) is 65.3. The molecule has 100 heavy (non-hydrogen) atoms. The summed E-state index contributed by atoms with van der Waals surface area (Å²) in [7, 11) is 0. The molecule has 4 aliphatic carbocycles. The lowest BCUT2D eigenvalue weighted by Crippen LogP contribution is -2.67. The number of nitrogens with zero attached hydrogens (tertiary/aromatic N) is 4. The van der Waals surface area contributed by atoms with Gasteiger partial charge in [-0.05, 0) is 186 Å². The fourth-order valence-corrected chi connectivity index (χ4v) is 19.6. The van der Waals surface area contributed by atoms with Crippen LogP contribution >= 0.6 is 0 Å². The van der Waals surface area contributed by atoms with Crippen molar-refractivity contribution in [2.45, 2.75) is 44.1 Å². The van der Waals surface area contributed by atoms with Crippen LogP contribution in [0.5, 0.6) is 57.5 Å². The van der Waals surface area contributed by atoms with Crippen LogP contribution < -0.4 is 92.4 Å². The lowest BCUT2D eigenvalue weighted by Gasteiger charge is -2.62. The number of rotatable bonds is 10. The van der Waals surface area contributed by atoms with Crippen LogP contribution in [-0.4, -0.2) is 25.7 Å². The van der Waals surface area contributed by atoms with E-state index in [-0.39, 0.29) is 25.7 Å². The van der Waals surface area contributed by atoms with Crippen LogP contribution in [0.25, 0.3) is 0 Å². The first-order valence-corrected chi connectivity index (χ1v) is 35.4. The molecule has 9 nitrogen and oxygen atoms in total. The molecule has 4 saturated carbocycles. The van der Waals surface area contributed by atoms with E-state index in [9.17, 15) is 0 Å². The first kappa shape index (κ1) is 56.3. The second-order valence-corrected chi connectivity index (χ2v) is 28.8. The highest BCUT2D eigenvalue weighted by atomic mass is 16.5. The van der Waals surface area contributed by atoms with Gasteiger partial charge in [-0.3, -0.25) is 0 Å². The molecule has 0 N–H and O–H groups in total. The third-order valence-corrected chi connectivity index (χ3v) is 23.1. The first-order valence-electron chi connectivity index (χ1n) is 35.4. The predicted molar refractivity (Wildman–Crippen MR) is 407 cm³/mol. The minimum absolute atomic E-state index is 0.142. The third kappa shape index (κ3) is 8.52. The monoisotopic (exact) mass is 1290 g/mol. The van der Waals surface area contributed by atoms with Gasteiger partial charge in [0.25, 0.3) is 20.1 Å². The molecule has 13 aromatic carbocycles. The van der Waals surface area contributed by atoms with Crippen LogP contribution in [0.15, 0.2) is 291 Å². The van der Waals surface area contributed by atoms with Gasteiger partial charge in [0, 0.05) is 104 Å². The summed E-state index contributed by atoms with van der Waals surface area (Å²) >= 11 is 0. The standard InChI is InChI=1S/C88H63B3N4O5/c1-7-23-58(24-8-1)92(59-25-9-2-10-26-59)64-42-74-85-80(43-64)96-75-37-21-19-35-67(75)89(85)69-48-70-77(50-73(69)95(74)88-52-55-39-56(53-88)41-57(40-55)54-88)98-83-46-66(94(62-31-15-5-16-32-62)63-33-17-6-18-34-63)47-84-87(83)91(70)72-49-71-78(51-79(72)100-84)99-82-45-65(44-81-86(82)90(71)68-36-20-22-38-76(68)97-81)93(60-27-11-3-12-28-60)61-29-13-4-14-30-61/h1-38,42-51,55-57H,39-41,52-54H2. The van der Waals surface area contributed by atoms with E-state index in [4.69, 9.17) is 23.7 Å². The number of fused-ring (bicyclic) bond motifs is 12. The molecule has 0 saturated heterocycles. The van der Waals surface area contributed by atoms with E-state index in [1.54, 1.807) is 0 Å². The molecule has 10 aliphatic rings. The van der Waals surface area contributed by atoms with Gasteiger partial charge >= 0.3 is 0 Å². The molecule has 0 unspecified atom stereocenters. The van der Waals surface area contributed by atoms with Crippen molar-refractivity contribution < 1.29 is 23.7 Å². The Labute approximate surface area is 582 Å². The third-order valence-electron chi connectivity index (χ3n) is 23.1. The number of hydrogen-bond donors (Lipinski definition) is 0. The molecule has 12 heteroatoms. The van der Waals surface area contributed by atoms with Gasteiger partial charge in [0.1, 0.15) is 57.5 Å². The quantitative estimate of drug-likeness (QED) is 0.125. The number of para-hydroxylation sites is 8. The van der Waals surface area contributed by atoms with Crippen molar-refractivity contribution in [2.75, 3.05) is 19.6 Å². The van der Waals surface area contributed by atoms with E-state index in [0.29, 0.717) is 17.8 Å². The molecule has 13 aromatic rings. The molecule has 6 aliphatic heterocycles. The summed E-state index contributed by atoms with van der Waals surface area (Å²) in [6.07, 6.45) is 7.38. The van der Waals surface area contributed by atoms with Crippen molar-refractivity contribution >= 4 is 132 Å². The Hall–Kier alpha value is -11.7. The van der Waals surface area contributed by atoms with E-state index < -0.39 is 0 Å². The Balaban J connectivity index is 0.782. The average Bonchev–Trinajstić information content (AvgIpc) is 0.687. The summed E-state index contributed by atoms with van der Waals surface area (Å²) in [5, 5.41) is 0. The van der Waals surface area contributed by atoms with Crippen molar-refractivity contribution in [1.82, 2.24) is 0 Å².